The topological polar surface area (TPSA) is 73.2 Å². The summed E-state index contributed by atoms with van der Waals surface area (Å²) in [5.41, 5.74) is -0.0652. The molecule has 1 aliphatic carbocycles. The number of nitrogens with one attached hydrogen (secondary N) is 1. The Kier molecular flexibility index (Phi) is 6.53. The van der Waals surface area contributed by atoms with Gasteiger partial charge in [0.05, 0.1) is 6.10 Å². The van der Waals surface area contributed by atoms with Gasteiger partial charge in [0.2, 0.25) is 0 Å². The molecule has 0 spiro atoms. The first-order valence-corrected chi connectivity index (χ1v) is 10.3. The predicted octanol–water partition coefficient (Wildman–Crippen LogP) is 2.60. The van der Waals surface area contributed by atoms with Crippen LogP contribution in [-0.4, -0.2) is 40.0 Å². The van der Waals surface area contributed by atoms with Crippen LogP contribution in [-0.2, 0) is 11.3 Å². The van der Waals surface area contributed by atoms with E-state index in [1.54, 1.807) is 16.3 Å². The molecule has 1 saturated carbocycles. The number of hydrogen-bond acceptors (Lipinski definition) is 5. The highest BCUT2D eigenvalue weighted by Gasteiger charge is 2.25. The van der Waals surface area contributed by atoms with Crippen molar-refractivity contribution >= 4 is 17.7 Å². The fourth-order valence-corrected chi connectivity index (χ4v) is 4.33. The third-order valence-electron chi connectivity index (χ3n) is 4.91. The fourth-order valence-electron chi connectivity index (χ4n) is 3.41. The van der Waals surface area contributed by atoms with Crippen LogP contribution in [0.25, 0.3) is 0 Å². The summed E-state index contributed by atoms with van der Waals surface area (Å²) in [6.07, 6.45) is 9.02. The number of rotatable bonds is 7. The number of carbonyl (C=O) groups excluding carboxylic acids is 1. The van der Waals surface area contributed by atoms with Crippen LogP contribution in [0.5, 0.6) is 0 Å². The number of carbonyl (C=O) groups is 1. The molecule has 1 N–H and O–H groups in total. The molecule has 1 aliphatic heterocycles. The maximum atomic E-state index is 12.5. The van der Waals surface area contributed by atoms with E-state index in [1.165, 1.54) is 19.0 Å². The summed E-state index contributed by atoms with van der Waals surface area (Å²) in [7, 11) is 0. The zero-order valence-corrected chi connectivity index (χ0v) is 15.6. The molecule has 1 fully saturated rings. The van der Waals surface area contributed by atoms with Gasteiger partial charge in [-0.1, -0.05) is 31.5 Å². The minimum Gasteiger partial charge on any atom is -0.378 e. The Morgan fingerprint density at radius 1 is 1.36 bits per heavy atom. The van der Waals surface area contributed by atoms with Crippen molar-refractivity contribution < 1.29 is 9.53 Å². The van der Waals surface area contributed by atoms with E-state index in [0.29, 0.717) is 17.8 Å². The Morgan fingerprint density at radius 2 is 2.16 bits per heavy atom. The Morgan fingerprint density at radius 3 is 2.92 bits per heavy atom. The van der Waals surface area contributed by atoms with Crippen LogP contribution in [0.4, 0.5) is 0 Å². The first-order chi connectivity index (χ1) is 12.2. The van der Waals surface area contributed by atoms with Crippen molar-refractivity contribution in [3.8, 4) is 0 Å². The van der Waals surface area contributed by atoms with Crippen molar-refractivity contribution in [1.82, 2.24) is 14.9 Å². The molecule has 1 aromatic rings. The lowest BCUT2D eigenvalue weighted by Gasteiger charge is -2.29. The highest BCUT2D eigenvalue weighted by molar-refractivity contribution is 7.99. The van der Waals surface area contributed by atoms with E-state index in [-0.39, 0.29) is 23.1 Å². The number of unbranched alkanes of at least 4 members (excludes halogenated alkanes) is 2. The molecule has 0 saturated heterocycles. The van der Waals surface area contributed by atoms with Crippen LogP contribution < -0.4 is 10.9 Å². The van der Waals surface area contributed by atoms with Crippen LogP contribution in [0.2, 0.25) is 0 Å². The van der Waals surface area contributed by atoms with E-state index in [9.17, 15) is 9.59 Å². The number of hydrogen-bond donors (Lipinski definition) is 1. The number of thioether (sulfide) groups is 1. The number of ether oxygens (including phenoxy) is 1. The van der Waals surface area contributed by atoms with Crippen molar-refractivity contribution in [3.63, 3.8) is 0 Å². The average Bonchev–Trinajstić information content (AvgIpc) is 3.10. The van der Waals surface area contributed by atoms with Gasteiger partial charge in [-0.3, -0.25) is 14.2 Å². The van der Waals surface area contributed by atoms with Crippen LogP contribution >= 0.6 is 11.8 Å². The highest BCUT2D eigenvalue weighted by atomic mass is 32.2. The van der Waals surface area contributed by atoms with E-state index in [0.717, 1.165) is 44.5 Å². The van der Waals surface area contributed by atoms with Gasteiger partial charge >= 0.3 is 0 Å². The van der Waals surface area contributed by atoms with Gasteiger partial charge in [-0.05, 0) is 32.1 Å². The van der Waals surface area contributed by atoms with Crippen molar-refractivity contribution in [2.24, 2.45) is 0 Å². The van der Waals surface area contributed by atoms with E-state index < -0.39 is 0 Å². The van der Waals surface area contributed by atoms with Gasteiger partial charge in [0.1, 0.15) is 5.56 Å². The minimum atomic E-state index is -0.294. The molecule has 2 heterocycles. The zero-order valence-electron chi connectivity index (χ0n) is 14.8. The summed E-state index contributed by atoms with van der Waals surface area (Å²) in [5, 5.41) is 3.72. The molecule has 25 heavy (non-hydrogen) atoms. The third-order valence-corrected chi connectivity index (χ3v) is 5.88. The Bertz CT molecular complexity index is 653. The molecule has 1 amide bonds. The van der Waals surface area contributed by atoms with Gasteiger partial charge in [-0.2, -0.15) is 0 Å². The predicted molar refractivity (Wildman–Crippen MR) is 98.2 cm³/mol. The summed E-state index contributed by atoms with van der Waals surface area (Å²) in [5.74, 6) is 0.548. The summed E-state index contributed by atoms with van der Waals surface area (Å²) in [4.78, 5) is 29.1. The van der Waals surface area contributed by atoms with Gasteiger partial charge in [0.25, 0.3) is 11.5 Å². The third kappa shape index (κ3) is 4.64. The van der Waals surface area contributed by atoms with Crippen LogP contribution in [0, 0.1) is 0 Å². The molecule has 3 rings (SSSR count). The van der Waals surface area contributed by atoms with Gasteiger partial charge in [0, 0.05) is 31.1 Å². The fraction of sp³-hybridized carbons (Fsp3) is 0.722. The van der Waals surface area contributed by atoms with Crippen LogP contribution in [0.15, 0.2) is 16.1 Å². The molecule has 6 nitrogen and oxygen atoms in total. The quantitative estimate of drug-likeness (QED) is 0.594. The van der Waals surface area contributed by atoms with E-state index in [1.807, 2.05) is 0 Å². The molecule has 0 radical (unpaired) electrons. The summed E-state index contributed by atoms with van der Waals surface area (Å²) in [6, 6.07) is 0.120. The van der Waals surface area contributed by atoms with Crippen molar-refractivity contribution in [2.45, 2.75) is 75.7 Å². The number of aromatic nitrogens is 2. The first-order valence-electron chi connectivity index (χ1n) is 9.34. The Hall–Kier alpha value is -1.34. The highest BCUT2D eigenvalue weighted by Crippen LogP contribution is 2.23. The molecule has 0 bridgehead atoms. The van der Waals surface area contributed by atoms with Gasteiger partial charge in [-0.15, -0.1) is 0 Å². The second-order valence-electron chi connectivity index (χ2n) is 6.78. The summed E-state index contributed by atoms with van der Waals surface area (Å²) >= 11 is 1.55. The SMILES string of the molecule is CCCCCO[C@H]1CC[C@H](NC(=O)c2cnc3n(c2=O)CCS3)CC1. The molecule has 0 unspecified atom stereocenters. The Balaban J connectivity index is 1.48. The van der Waals surface area contributed by atoms with Gasteiger partial charge in [0.15, 0.2) is 5.16 Å². The lowest BCUT2D eigenvalue weighted by molar-refractivity contribution is 0.0204. The van der Waals surface area contributed by atoms with Crippen molar-refractivity contribution in [2.75, 3.05) is 12.4 Å². The molecular weight excluding hydrogens is 338 g/mol. The number of fused-ring (bicyclic) bond motifs is 1. The largest absolute Gasteiger partial charge is 0.378 e. The van der Waals surface area contributed by atoms with E-state index in [4.69, 9.17) is 4.74 Å². The van der Waals surface area contributed by atoms with Crippen molar-refractivity contribution in [3.05, 3.63) is 22.1 Å². The van der Waals surface area contributed by atoms with Gasteiger partial charge < -0.3 is 10.1 Å². The minimum absolute atomic E-state index is 0.120. The summed E-state index contributed by atoms with van der Waals surface area (Å²) < 4.78 is 7.51. The second-order valence-corrected chi connectivity index (χ2v) is 7.85. The number of nitrogens with zero attached hydrogens (tertiary/aromatic N) is 2. The maximum absolute atomic E-state index is 12.5. The standard InChI is InChI=1S/C18H27N3O3S/c1-2-3-4-10-24-14-7-5-13(6-8-14)20-16(22)15-12-19-18-21(17(15)23)9-11-25-18/h12-14H,2-11H2,1H3,(H,20,22)/t13-,14-. The number of amides is 1. The normalized spacial score (nSPS) is 22.6. The molecule has 0 aromatic carbocycles. The lowest BCUT2D eigenvalue weighted by Crippen LogP contribution is -2.41. The van der Waals surface area contributed by atoms with Crippen LogP contribution in [0.1, 0.15) is 62.2 Å². The first kappa shape index (κ1) is 18.5. The monoisotopic (exact) mass is 365 g/mol. The smallest absolute Gasteiger partial charge is 0.267 e. The Labute approximate surface area is 152 Å². The second kappa shape index (κ2) is 8.85. The molecule has 138 valence electrons. The van der Waals surface area contributed by atoms with E-state index >= 15 is 0 Å². The van der Waals surface area contributed by atoms with Crippen LogP contribution in [0.3, 0.4) is 0 Å². The summed E-state index contributed by atoms with van der Waals surface area (Å²) in [6.45, 7) is 3.66. The zero-order chi connectivity index (χ0) is 17.6. The molecule has 0 atom stereocenters. The molecule has 2 aliphatic rings. The van der Waals surface area contributed by atoms with Gasteiger partial charge in [-0.25, -0.2) is 4.98 Å². The van der Waals surface area contributed by atoms with E-state index in [2.05, 4.69) is 17.2 Å². The van der Waals surface area contributed by atoms with Crippen molar-refractivity contribution in [1.29, 1.82) is 0 Å². The lowest BCUT2D eigenvalue weighted by atomic mass is 9.92. The molecule has 7 heteroatoms. The average molecular weight is 365 g/mol. The molecule has 1 aromatic heterocycles. The maximum Gasteiger partial charge on any atom is 0.267 e. The molecular formula is C18H27N3O3S.